The zero-order valence-electron chi connectivity index (χ0n) is 14.8. The molecule has 0 unspecified atom stereocenters. The smallest absolute Gasteiger partial charge is 0.275 e. The second-order valence-electron chi connectivity index (χ2n) is 6.21. The number of ether oxygens (including phenoxy) is 1. The van der Waals surface area contributed by atoms with Gasteiger partial charge in [-0.15, -0.1) is 11.3 Å². The van der Waals surface area contributed by atoms with E-state index in [1.165, 1.54) is 17.4 Å². The van der Waals surface area contributed by atoms with Gasteiger partial charge in [0.25, 0.3) is 5.91 Å². The molecule has 0 aliphatic carbocycles. The molecule has 1 amide bonds. The second-order valence-corrected chi connectivity index (χ2v) is 7.47. The van der Waals surface area contributed by atoms with Crippen LogP contribution in [0.5, 0.6) is 0 Å². The topological polar surface area (TPSA) is 54.5 Å². The number of carbonyl (C=O) groups is 1. The van der Waals surface area contributed by atoms with Crippen molar-refractivity contribution in [1.82, 2.24) is 4.98 Å². The minimum atomic E-state index is -0.367. The summed E-state index contributed by atoms with van der Waals surface area (Å²) in [7, 11) is 0. The van der Waals surface area contributed by atoms with E-state index in [0.717, 1.165) is 5.69 Å². The second kappa shape index (κ2) is 8.26. The highest BCUT2D eigenvalue weighted by atomic mass is 35.5. The number of hydrogen-bond donors (Lipinski definition) is 1. The van der Waals surface area contributed by atoms with Crippen LogP contribution in [0, 0.1) is 5.82 Å². The Kier molecular flexibility index (Phi) is 5.57. The summed E-state index contributed by atoms with van der Waals surface area (Å²) in [4.78, 5) is 19.1. The Balaban J connectivity index is 1.58. The van der Waals surface area contributed by atoms with Crippen LogP contribution in [0.2, 0.25) is 5.02 Å². The molecule has 1 N–H and O–H groups in total. The highest BCUT2D eigenvalue weighted by Crippen LogP contribution is 2.35. The number of carbonyl (C=O) groups excluding carboxylic acids is 1. The summed E-state index contributed by atoms with van der Waals surface area (Å²) < 4.78 is 19.4. The lowest BCUT2D eigenvalue weighted by Crippen LogP contribution is -2.37. The summed E-state index contributed by atoms with van der Waals surface area (Å²) in [6.07, 6.45) is 0. The monoisotopic (exact) mass is 417 g/mol. The van der Waals surface area contributed by atoms with Gasteiger partial charge in [0.2, 0.25) is 0 Å². The average molecular weight is 418 g/mol. The quantitative estimate of drug-likeness (QED) is 0.669. The molecule has 0 saturated carbocycles. The van der Waals surface area contributed by atoms with E-state index in [9.17, 15) is 9.18 Å². The first-order valence-corrected chi connectivity index (χ1v) is 10.0. The number of thiazole rings is 1. The number of hydrogen-bond acceptors (Lipinski definition) is 5. The van der Waals surface area contributed by atoms with Crippen molar-refractivity contribution >= 4 is 40.2 Å². The highest BCUT2D eigenvalue weighted by Gasteiger charge is 2.20. The van der Waals surface area contributed by atoms with Gasteiger partial charge in [0.05, 0.1) is 29.6 Å². The van der Waals surface area contributed by atoms with Crippen LogP contribution in [0.25, 0.3) is 10.6 Å². The van der Waals surface area contributed by atoms with Crippen molar-refractivity contribution in [3.05, 3.63) is 64.4 Å². The Labute approximate surface area is 170 Å². The van der Waals surface area contributed by atoms with Crippen molar-refractivity contribution < 1.29 is 13.9 Å². The van der Waals surface area contributed by atoms with Crippen LogP contribution in [0.3, 0.4) is 0 Å². The first kappa shape index (κ1) is 18.9. The third-order valence-electron chi connectivity index (χ3n) is 4.40. The zero-order valence-corrected chi connectivity index (χ0v) is 16.4. The van der Waals surface area contributed by atoms with E-state index >= 15 is 0 Å². The molecule has 0 atom stereocenters. The van der Waals surface area contributed by atoms with E-state index in [0.29, 0.717) is 47.6 Å². The Morgan fingerprint density at radius 1 is 1.18 bits per heavy atom. The molecule has 2 heterocycles. The lowest BCUT2D eigenvalue weighted by molar-refractivity contribution is 0.102. The Morgan fingerprint density at radius 3 is 2.75 bits per heavy atom. The summed E-state index contributed by atoms with van der Waals surface area (Å²) >= 11 is 7.63. The molecule has 1 saturated heterocycles. The lowest BCUT2D eigenvalue weighted by Gasteiger charge is -2.31. The van der Waals surface area contributed by atoms with E-state index in [2.05, 4.69) is 15.2 Å². The molecule has 1 fully saturated rings. The number of para-hydroxylation sites is 1. The van der Waals surface area contributed by atoms with Crippen LogP contribution in [0.15, 0.2) is 47.8 Å². The number of benzene rings is 2. The fourth-order valence-electron chi connectivity index (χ4n) is 3.05. The fourth-order valence-corrected chi connectivity index (χ4v) is 4.17. The van der Waals surface area contributed by atoms with Gasteiger partial charge < -0.3 is 15.0 Å². The number of nitrogens with one attached hydrogen (secondary N) is 1. The third-order valence-corrected chi connectivity index (χ3v) is 5.58. The molecule has 2 aromatic carbocycles. The first-order chi connectivity index (χ1) is 13.6. The zero-order chi connectivity index (χ0) is 19.5. The summed E-state index contributed by atoms with van der Waals surface area (Å²) in [5.74, 6) is -0.733. The van der Waals surface area contributed by atoms with E-state index in [1.807, 2.05) is 0 Å². The van der Waals surface area contributed by atoms with Crippen LogP contribution in [0.4, 0.5) is 15.8 Å². The van der Waals surface area contributed by atoms with E-state index in [-0.39, 0.29) is 17.4 Å². The van der Waals surface area contributed by atoms with Crippen molar-refractivity contribution in [2.24, 2.45) is 0 Å². The van der Waals surface area contributed by atoms with Crippen molar-refractivity contribution in [3.63, 3.8) is 0 Å². The maximum atomic E-state index is 14.0. The minimum absolute atomic E-state index is 0.233. The number of halogens is 2. The Morgan fingerprint density at radius 2 is 1.96 bits per heavy atom. The molecule has 28 heavy (non-hydrogen) atoms. The van der Waals surface area contributed by atoms with Crippen molar-refractivity contribution in [2.75, 3.05) is 36.5 Å². The summed E-state index contributed by atoms with van der Waals surface area (Å²) in [6.45, 7) is 2.61. The van der Waals surface area contributed by atoms with Gasteiger partial charge in [-0.25, -0.2) is 9.37 Å². The number of nitrogens with zero attached hydrogens (tertiary/aromatic N) is 2. The molecule has 0 radical (unpaired) electrons. The number of morpholine rings is 1. The van der Waals surface area contributed by atoms with Gasteiger partial charge in [0.1, 0.15) is 16.5 Å². The van der Waals surface area contributed by atoms with Gasteiger partial charge in [-0.3, -0.25) is 4.79 Å². The molecule has 1 aromatic heterocycles. The molecule has 0 bridgehead atoms. The van der Waals surface area contributed by atoms with Gasteiger partial charge >= 0.3 is 0 Å². The maximum Gasteiger partial charge on any atom is 0.275 e. The predicted octanol–water partition coefficient (Wildman–Crippen LogP) is 4.69. The molecular weight excluding hydrogens is 401 g/mol. The van der Waals surface area contributed by atoms with E-state index in [4.69, 9.17) is 16.3 Å². The summed E-state index contributed by atoms with van der Waals surface area (Å²) in [6, 6.07) is 11.8. The van der Waals surface area contributed by atoms with Crippen LogP contribution in [-0.2, 0) is 4.74 Å². The van der Waals surface area contributed by atoms with Gasteiger partial charge in [-0.05, 0) is 24.3 Å². The number of amides is 1. The molecule has 1 aliphatic heterocycles. The number of rotatable bonds is 4. The SMILES string of the molecule is O=C(Nc1cccc(Cl)c1N1CCOCC1)c1csc(-c2ccccc2F)n1. The van der Waals surface area contributed by atoms with Crippen molar-refractivity contribution in [1.29, 1.82) is 0 Å². The highest BCUT2D eigenvalue weighted by molar-refractivity contribution is 7.13. The molecule has 144 valence electrons. The number of anilines is 2. The normalized spacial score (nSPS) is 14.1. The Bertz CT molecular complexity index is 1000. The standard InChI is InChI=1S/C20H17ClFN3O2S/c21-14-5-3-7-16(18(14)25-8-10-27-11-9-25)23-19(26)17-12-28-20(24-17)13-4-1-2-6-15(13)22/h1-7,12H,8-11H2,(H,23,26). The average Bonchev–Trinajstić information content (AvgIpc) is 3.19. The van der Waals surface area contributed by atoms with Crippen molar-refractivity contribution in [2.45, 2.75) is 0 Å². The van der Waals surface area contributed by atoms with Gasteiger partial charge in [-0.1, -0.05) is 29.8 Å². The molecular formula is C20H17ClFN3O2S. The van der Waals surface area contributed by atoms with Crippen LogP contribution < -0.4 is 10.2 Å². The van der Waals surface area contributed by atoms with E-state index < -0.39 is 0 Å². The number of aromatic nitrogens is 1. The first-order valence-electron chi connectivity index (χ1n) is 8.76. The molecule has 3 aromatic rings. The largest absolute Gasteiger partial charge is 0.378 e. The van der Waals surface area contributed by atoms with Crippen LogP contribution in [-0.4, -0.2) is 37.2 Å². The van der Waals surface area contributed by atoms with E-state index in [1.54, 1.807) is 41.8 Å². The summed E-state index contributed by atoms with van der Waals surface area (Å²) in [5, 5.41) is 5.53. The minimum Gasteiger partial charge on any atom is -0.378 e. The fraction of sp³-hybridized carbons (Fsp3) is 0.200. The van der Waals surface area contributed by atoms with Gasteiger partial charge in [-0.2, -0.15) is 0 Å². The predicted molar refractivity (Wildman–Crippen MR) is 110 cm³/mol. The molecule has 0 spiro atoms. The lowest BCUT2D eigenvalue weighted by atomic mass is 10.2. The van der Waals surface area contributed by atoms with Crippen molar-refractivity contribution in [3.8, 4) is 10.6 Å². The Hall–Kier alpha value is -2.48. The molecule has 1 aliphatic rings. The summed E-state index contributed by atoms with van der Waals surface area (Å²) in [5.41, 5.74) is 1.99. The van der Waals surface area contributed by atoms with Gasteiger partial charge in [0, 0.05) is 24.0 Å². The third kappa shape index (κ3) is 3.87. The molecule has 5 nitrogen and oxygen atoms in total. The van der Waals surface area contributed by atoms with Gasteiger partial charge in [0.15, 0.2) is 0 Å². The molecule has 4 rings (SSSR count). The maximum absolute atomic E-state index is 14.0. The van der Waals surface area contributed by atoms with Crippen LogP contribution in [0.1, 0.15) is 10.5 Å². The van der Waals surface area contributed by atoms with Crippen LogP contribution >= 0.6 is 22.9 Å². The molecule has 8 heteroatoms.